The Labute approximate surface area is 415 Å². The predicted octanol–water partition coefficient (Wildman–Crippen LogP) is 19.2. The van der Waals surface area contributed by atoms with Crippen LogP contribution in [0.25, 0.3) is 0 Å². The maximum atomic E-state index is 12.8. The van der Waals surface area contributed by atoms with Crippen LogP contribution in [0, 0.1) is 0 Å². The minimum absolute atomic E-state index is 0.0980. The molecule has 0 aromatic rings. The van der Waals surface area contributed by atoms with E-state index < -0.39 is 6.10 Å². The number of allylic oxidation sites excluding steroid dienone is 10. The average Bonchev–Trinajstić information content (AvgIpc) is 3.33. The van der Waals surface area contributed by atoms with Crippen molar-refractivity contribution in [2.75, 3.05) is 13.2 Å². The van der Waals surface area contributed by atoms with Crippen LogP contribution in [0.2, 0.25) is 0 Å². The van der Waals surface area contributed by atoms with Gasteiger partial charge in [0.2, 0.25) is 0 Å². The number of rotatable bonds is 52. The number of unbranched alkanes of at least 4 members (excludes halogenated alkanes) is 31. The van der Waals surface area contributed by atoms with Gasteiger partial charge < -0.3 is 14.2 Å². The van der Waals surface area contributed by atoms with Crippen LogP contribution in [-0.2, 0) is 28.6 Å². The summed E-state index contributed by atoms with van der Waals surface area (Å²) in [6, 6.07) is 0. The van der Waals surface area contributed by atoms with Crippen LogP contribution in [0.1, 0.15) is 290 Å². The quantitative estimate of drug-likeness (QED) is 0.0262. The first-order chi connectivity index (χ1) is 33.0. The summed E-state index contributed by atoms with van der Waals surface area (Å²) in [6.45, 7) is 6.57. The summed E-state index contributed by atoms with van der Waals surface area (Å²) >= 11 is 0. The van der Waals surface area contributed by atoms with Crippen molar-refractivity contribution in [1.29, 1.82) is 0 Å². The smallest absolute Gasteiger partial charge is 0.306 e. The first kappa shape index (κ1) is 64.1. The molecule has 1 atom stereocenters. The first-order valence-corrected chi connectivity index (χ1v) is 28.8. The molecule has 6 nitrogen and oxygen atoms in total. The van der Waals surface area contributed by atoms with Crippen LogP contribution in [0.4, 0.5) is 0 Å². The van der Waals surface area contributed by atoms with Crippen LogP contribution in [0.15, 0.2) is 60.8 Å². The van der Waals surface area contributed by atoms with E-state index in [2.05, 4.69) is 81.5 Å². The summed E-state index contributed by atoms with van der Waals surface area (Å²) < 4.78 is 16.8. The summed E-state index contributed by atoms with van der Waals surface area (Å²) in [6.07, 6.45) is 69.3. The Morgan fingerprint density at radius 1 is 0.299 bits per heavy atom. The minimum Gasteiger partial charge on any atom is -0.462 e. The van der Waals surface area contributed by atoms with E-state index in [1.165, 1.54) is 167 Å². The topological polar surface area (TPSA) is 78.9 Å². The lowest BCUT2D eigenvalue weighted by Crippen LogP contribution is -2.30. The van der Waals surface area contributed by atoms with Gasteiger partial charge in [-0.25, -0.2) is 0 Å². The lowest BCUT2D eigenvalue weighted by atomic mass is 10.0. The third-order valence-electron chi connectivity index (χ3n) is 12.5. The molecule has 0 aliphatic rings. The fourth-order valence-electron chi connectivity index (χ4n) is 8.14. The molecule has 0 aromatic heterocycles. The van der Waals surface area contributed by atoms with Crippen LogP contribution in [0.3, 0.4) is 0 Å². The van der Waals surface area contributed by atoms with Crippen molar-refractivity contribution in [2.45, 2.75) is 297 Å². The molecule has 0 N–H and O–H groups in total. The molecule has 0 radical (unpaired) electrons. The SMILES string of the molecule is CCCCC/C=C\C/C=C\C/C=C\C/C=C\CCCC(=O)OC(COC(=O)CCCCC/C=C\CCCCCCCC)COC(=O)CCCCCCCCCCCCCCCCCCCCC. The highest BCUT2D eigenvalue weighted by molar-refractivity contribution is 5.71. The Morgan fingerprint density at radius 3 is 0.940 bits per heavy atom. The molecule has 0 saturated heterocycles. The van der Waals surface area contributed by atoms with Gasteiger partial charge in [0.15, 0.2) is 6.10 Å². The second-order valence-electron chi connectivity index (χ2n) is 19.2. The molecule has 6 heteroatoms. The van der Waals surface area contributed by atoms with Gasteiger partial charge in [0.05, 0.1) is 0 Å². The number of esters is 3. The number of carbonyl (C=O) groups excluding carboxylic acids is 3. The molecule has 0 fully saturated rings. The summed E-state index contributed by atoms with van der Waals surface area (Å²) in [5, 5.41) is 0. The Hall–Kier alpha value is -2.89. The Kier molecular flexibility index (Phi) is 53.3. The molecule has 0 bridgehead atoms. The van der Waals surface area contributed by atoms with Crippen LogP contribution >= 0.6 is 0 Å². The molecule has 0 saturated carbocycles. The molecule has 0 spiro atoms. The zero-order valence-electron chi connectivity index (χ0n) is 44.4. The maximum Gasteiger partial charge on any atom is 0.306 e. The zero-order valence-corrected chi connectivity index (χ0v) is 44.4. The van der Waals surface area contributed by atoms with E-state index >= 15 is 0 Å². The van der Waals surface area contributed by atoms with Crippen molar-refractivity contribution < 1.29 is 28.6 Å². The molecular weight excluding hydrogens is 829 g/mol. The highest BCUT2D eigenvalue weighted by atomic mass is 16.6. The maximum absolute atomic E-state index is 12.8. The fraction of sp³-hybridized carbons (Fsp3) is 0.787. The molecule has 67 heavy (non-hydrogen) atoms. The van der Waals surface area contributed by atoms with Crippen molar-refractivity contribution in [2.24, 2.45) is 0 Å². The lowest BCUT2D eigenvalue weighted by Gasteiger charge is -2.18. The van der Waals surface area contributed by atoms with E-state index in [1.54, 1.807) is 0 Å². The number of hydrogen-bond donors (Lipinski definition) is 0. The molecule has 0 aliphatic heterocycles. The Bertz CT molecular complexity index is 1210. The summed E-state index contributed by atoms with van der Waals surface area (Å²) in [4.78, 5) is 38.1. The predicted molar refractivity (Wildman–Crippen MR) is 288 cm³/mol. The highest BCUT2D eigenvalue weighted by Crippen LogP contribution is 2.16. The molecule has 0 heterocycles. The standard InChI is InChI=1S/C61H108O6/c1-4-7-10-13-16-19-22-25-27-29-30-32-33-36-39-42-45-48-51-54-60(63)66-57-58(56-65-59(62)53-50-47-44-41-38-35-24-21-18-15-12-9-6-3)67-61(64)55-52-49-46-43-40-37-34-31-28-26-23-20-17-14-11-8-5-2/h17,20,26,28,34-35,37-38,43,46,58H,4-16,18-19,21-25,27,29-33,36,39-42,44-45,47-57H2,1-3H3/b20-17-,28-26-,37-34-,38-35-,46-43-. The molecule has 388 valence electrons. The van der Waals surface area contributed by atoms with Crippen molar-refractivity contribution in [3.63, 3.8) is 0 Å². The van der Waals surface area contributed by atoms with Crippen LogP contribution in [-0.4, -0.2) is 37.2 Å². The van der Waals surface area contributed by atoms with Gasteiger partial charge in [-0.15, -0.1) is 0 Å². The van der Waals surface area contributed by atoms with E-state index in [9.17, 15) is 14.4 Å². The fourth-order valence-corrected chi connectivity index (χ4v) is 8.14. The van der Waals surface area contributed by atoms with Gasteiger partial charge in [0.1, 0.15) is 13.2 Å². The van der Waals surface area contributed by atoms with Crippen molar-refractivity contribution in [3.8, 4) is 0 Å². The summed E-state index contributed by atoms with van der Waals surface area (Å²) in [5.41, 5.74) is 0. The highest BCUT2D eigenvalue weighted by Gasteiger charge is 2.19. The minimum atomic E-state index is -0.807. The van der Waals surface area contributed by atoms with E-state index in [0.29, 0.717) is 19.3 Å². The van der Waals surface area contributed by atoms with Gasteiger partial charge in [0, 0.05) is 19.3 Å². The number of carbonyl (C=O) groups is 3. The van der Waals surface area contributed by atoms with E-state index in [0.717, 1.165) is 77.0 Å². The van der Waals surface area contributed by atoms with E-state index in [-0.39, 0.29) is 37.5 Å². The van der Waals surface area contributed by atoms with Gasteiger partial charge >= 0.3 is 17.9 Å². The van der Waals surface area contributed by atoms with E-state index in [1.807, 2.05) is 0 Å². The monoisotopic (exact) mass is 937 g/mol. The van der Waals surface area contributed by atoms with Gasteiger partial charge in [-0.05, 0) is 83.5 Å². The van der Waals surface area contributed by atoms with Gasteiger partial charge in [0.25, 0.3) is 0 Å². The Morgan fingerprint density at radius 2 is 0.552 bits per heavy atom. The number of hydrogen-bond acceptors (Lipinski definition) is 6. The second-order valence-corrected chi connectivity index (χ2v) is 19.2. The second kappa shape index (κ2) is 55.7. The van der Waals surface area contributed by atoms with Crippen molar-refractivity contribution in [1.82, 2.24) is 0 Å². The van der Waals surface area contributed by atoms with Gasteiger partial charge in [-0.2, -0.15) is 0 Å². The van der Waals surface area contributed by atoms with Crippen LogP contribution < -0.4 is 0 Å². The molecule has 0 aliphatic carbocycles. The Balaban J connectivity index is 4.42. The third kappa shape index (κ3) is 53.9. The zero-order chi connectivity index (χ0) is 48.6. The molecular formula is C61H108O6. The van der Waals surface area contributed by atoms with Crippen molar-refractivity contribution in [3.05, 3.63) is 60.8 Å². The van der Waals surface area contributed by atoms with E-state index in [4.69, 9.17) is 14.2 Å². The number of ether oxygens (including phenoxy) is 3. The average molecular weight is 938 g/mol. The molecule has 0 aromatic carbocycles. The molecule has 0 rings (SSSR count). The largest absolute Gasteiger partial charge is 0.462 e. The third-order valence-corrected chi connectivity index (χ3v) is 12.5. The summed E-state index contributed by atoms with van der Waals surface area (Å²) in [7, 11) is 0. The normalized spacial score (nSPS) is 12.5. The van der Waals surface area contributed by atoms with Gasteiger partial charge in [-0.1, -0.05) is 248 Å². The molecule has 0 amide bonds. The van der Waals surface area contributed by atoms with Gasteiger partial charge in [-0.3, -0.25) is 14.4 Å². The molecule has 1 unspecified atom stereocenters. The van der Waals surface area contributed by atoms with Crippen molar-refractivity contribution >= 4 is 17.9 Å². The van der Waals surface area contributed by atoms with Crippen LogP contribution in [0.5, 0.6) is 0 Å². The summed E-state index contributed by atoms with van der Waals surface area (Å²) in [5.74, 6) is -0.960. The first-order valence-electron chi connectivity index (χ1n) is 28.8. The lowest BCUT2D eigenvalue weighted by molar-refractivity contribution is -0.167.